The molecule has 0 saturated heterocycles. The van der Waals surface area contributed by atoms with E-state index in [0.717, 1.165) is 18.9 Å². The number of unbranched alkanes of at least 4 members (excludes halogenated alkanes) is 2. The molecular formula is C18H33NO6S. The number of aliphatic hydroxyl groups is 2. The summed E-state index contributed by atoms with van der Waals surface area (Å²) in [4.78, 5) is 10.6. The standard InChI is InChI=1S/C18H33NO6S/c1-3-5-6-10-26(24,25)19-12-14-15(20)11-16(21)18(14)13(4-2)8-7-9-17(22)23/h7,9,13-16,18-21H,3-6,8,10-12H2,1-2H3,(H,22,23)/t13?,14-,15-,16?,18?/m1/s1. The van der Waals surface area contributed by atoms with Crippen molar-refractivity contribution in [2.75, 3.05) is 12.3 Å². The second-order valence-corrected chi connectivity index (χ2v) is 9.06. The highest BCUT2D eigenvalue weighted by atomic mass is 32.2. The molecule has 0 aromatic rings. The van der Waals surface area contributed by atoms with Crippen LogP contribution >= 0.6 is 0 Å². The van der Waals surface area contributed by atoms with E-state index < -0.39 is 28.2 Å². The molecule has 8 heteroatoms. The maximum atomic E-state index is 12.1. The fourth-order valence-electron chi connectivity index (χ4n) is 3.83. The van der Waals surface area contributed by atoms with Crippen molar-refractivity contribution in [2.24, 2.45) is 17.8 Å². The van der Waals surface area contributed by atoms with Gasteiger partial charge in [0.2, 0.25) is 10.0 Å². The van der Waals surface area contributed by atoms with E-state index in [2.05, 4.69) is 4.72 Å². The number of allylic oxidation sites excluding steroid dienone is 1. The smallest absolute Gasteiger partial charge is 0.327 e. The van der Waals surface area contributed by atoms with Gasteiger partial charge in [-0.15, -0.1) is 0 Å². The summed E-state index contributed by atoms with van der Waals surface area (Å²) >= 11 is 0. The van der Waals surface area contributed by atoms with Gasteiger partial charge in [-0.2, -0.15) is 0 Å². The zero-order valence-corrected chi connectivity index (χ0v) is 16.5. The largest absolute Gasteiger partial charge is 0.478 e. The number of hydrogen-bond acceptors (Lipinski definition) is 5. The molecule has 0 aromatic carbocycles. The van der Waals surface area contributed by atoms with E-state index in [0.29, 0.717) is 19.3 Å². The van der Waals surface area contributed by atoms with Gasteiger partial charge in [0.15, 0.2) is 0 Å². The predicted octanol–water partition coefficient (Wildman–Crippen LogP) is 1.51. The van der Waals surface area contributed by atoms with E-state index in [1.54, 1.807) is 6.08 Å². The van der Waals surface area contributed by atoms with Gasteiger partial charge >= 0.3 is 5.97 Å². The minimum Gasteiger partial charge on any atom is -0.478 e. The van der Waals surface area contributed by atoms with Gasteiger partial charge in [0.25, 0.3) is 0 Å². The fraction of sp³-hybridized carbons (Fsp3) is 0.833. The number of hydrogen-bond donors (Lipinski definition) is 4. The molecule has 0 radical (unpaired) electrons. The Balaban J connectivity index is 2.75. The average Bonchev–Trinajstić information content (AvgIpc) is 2.83. The van der Waals surface area contributed by atoms with Crippen LogP contribution in [0.3, 0.4) is 0 Å². The monoisotopic (exact) mass is 391 g/mol. The molecule has 1 saturated carbocycles. The van der Waals surface area contributed by atoms with Crippen molar-refractivity contribution in [3.8, 4) is 0 Å². The number of sulfonamides is 1. The van der Waals surface area contributed by atoms with Crippen molar-refractivity contribution in [2.45, 2.75) is 64.6 Å². The van der Waals surface area contributed by atoms with Crippen LogP contribution in [-0.2, 0) is 14.8 Å². The van der Waals surface area contributed by atoms with Crippen LogP contribution in [0.25, 0.3) is 0 Å². The lowest BCUT2D eigenvalue weighted by atomic mass is 9.79. The first kappa shape index (κ1) is 23.1. The van der Waals surface area contributed by atoms with Crippen LogP contribution < -0.4 is 4.72 Å². The quantitative estimate of drug-likeness (QED) is 0.295. The van der Waals surface area contributed by atoms with Crippen LogP contribution in [0.1, 0.15) is 52.4 Å². The molecule has 26 heavy (non-hydrogen) atoms. The molecule has 7 nitrogen and oxygen atoms in total. The lowest BCUT2D eigenvalue weighted by molar-refractivity contribution is -0.131. The molecule has 0 aliphatic heterocycles. The molecule has 1 fully saturated rings. The third-order valence-electron chi connectivity index (χ3n) is 5.24. The van der Waals surface area contributed by atoms with Gasteiger partial charge in [0, 0.05) is 18.5 Å². The van der Waals surface area contributed by atoms with E-state index in [9.17, 15) is 23.4 Å². The Morgan fingerprint density at radius 1 is 1.23 bits per heavy atom. The van der Waals surface area contributed by atoms with Crippen LogP contribution in [0, 0.1) is 17.8 Å². The molecule has 1 aliphatic rings. The highest BCUT2D eigenvalue weighted by molar-refractivity contribution is 7.89. The van der Waals surface area contributed by atoms with E-state index >= 15 is 0 Å². The Labute approximate surface area is 156 Å². The number of aliphatic hydroxyl groups excluding tert-OH is 2. The number of carboxylic acid groups (broad SMARTS) is 1. The molecule has 0 heterocycles. The summed E-state index contributed by atoms with van der Waals surface area (Å²) in [5.74, 6) is -1.63. The Kier molecular flexibility index (Phi) is 9.78. The molecular weight excluding hydrogens is 358 g/mol. The Hall–Kier alpha value is -0.960. The summed E-state index contributed by atoms with van der Waals surface area (Å²) in [6.07, 6.45) is 4.92. The van der Waals surface area contributed by atoms with E-state index in [4.69, 9.17) is 5.11 Å². The minimum absolute atomic E-state index is 0.0210. The number of carboxylic acids is 1. The van der Waals surface area contributed by atoms with Crippen molar-refractivity contribution < 1.29 is 28.5 Å². The predicted molar refractivity (Wildman–Crippen MR) is 100 cm³/mol. The van der Waals surface area contributed by atoms with Gasteiger partial charge in [-0.1, -0.05) is 39.2 Å². The fourth-order valence-corrected chi connectivity index (χ4v) is 5.01. The Morgan fingerprint density at radius 2 is 1.92 bits per heavy atom. The highest BCUT2D eigenvalue weighted by Gasteiger charge is 2.44. The zero-order valence-electron chi connectivity index (χ0n) is 15.7. The van der Waals surface area contributed by atoms with Crippen molar-refractivity contribution in [3.63, 3.8) is 0 Å². The normalized spacial score (nSPS) is 27.8. The van der Waals surface area contributed by atoms with Crippen molar-refractivity contribution in [3.05, 3.63) is 12.2 Å². The molecule has 1 aliphatic carbocycles. The summed E-state index contributed by atoms with van der Waals surface area (Å²) in [5, 5.41) is 29.4. The summed E-state index contributed by atoms with van der Waals surface area (Å²) in [6, 6.07) is 0. The van der Waals surface area contributed by atoms with Crippen molar-refractivity contribution in [1.82, 2.24) is 4.72 Å². The average molecular weight is 392 g/mol. The molecule has 4 N–H and O–H groups in total. The second kappa shape index (κ2) is 11.0. The second-order valence-electron chi connectivity index (χ2n) is 7.13. The highest BCUT2D eigenvalue weighted by Crippen LogP contribution is 2.40. The van der Waals surface area contributed by atoms with Crippen molar-refractivity contribution in [1.29, 1.82) is 0 Å². The van der Waals surface area contributed by atoms with Gasteiger partial charge < -0.3 is 15.3 Å². The SMILES string of the molecule is CCCCCS(=O)(=O)NC[C@H]1C(C(CC)CC=CC(=O)O)C(O)C[C@H]1O. The van der Waals surface area contributed by atoms with Crippen molar-refractivity contribution >= 4 is 16.0 Å². The zero-order chi connectivity index (χ0) is 19.7. The molecule has 0 aromatic heterocycles. The summed E-state index contributed by atoms with van der Waals surface area (Å²) in [6.45, 7) is 4.05. The lowest BCUT2D eigenvalue weighted by Crippen LogP contribution is -2.39. The first-order chi connectivity index (χ1) is 12.2. The van der Waals surface area contributed by atoms with Gasteiger partial charge in [-0.3, -0.25) is 0 Å². The van der Waals surface area contributed by atoms with E-state index in [1.165, 1.54) is 0 Å². The molecule has 152 valence electrons. The Bertz CT molecular complexity index is 562. The number of nitrogens with one attached hydrogen (secondary N) is 1. The molecule has 5 atom stereocenters. The molecule has 1 rings (SSSR count). The van der Waals surface area contributed by atoms with Gasteiger partial charge in [0.1, 0.15) is 0 Å². The van der Waals surface area contributed by atoms with Crippen LogP contribution in [0.15, 0.2) is 12.2 Å². The van der Waals surface area contributed by atoms with Crippen LogP contribution in [0.5, 0.6) is 0 Å². The summed E-state index contributed by atoms with van der Waals surface area (Å²) in [7, 11) is -3.40. The minimum atomic E-state index is -3.40. The third kappa shape index (κ3) is 7.34. The van der Waals surface area contributed by atoms with E-state index in [-0.39, 0.29) is 36.5 Å². The topological polar surface area (TPSA) is 124 Å². The van der Waals surface area contributed by atoms with Gasteiger partial charge in [0.05, 0.1) is 18.0 Å². The third-order valence-corrected chi connectivity index (χ3v) is 6.67. The molecule has 3 unspecified atom stereocenters. The first-order valence-corrected chi connectivity index (χ1v) is 11.1. The Morgan fingerprint density at radius 3 is 2.50 bits per heavy atom. The maximum Gasteiger partial charge on any atom is 0.327 e. The number of rotatable bonds is 12. The van der Waals surface area contributed by atoms with Crippen LogP contribution in [-0.4, -0.2) is 54.2 Å². The summed E-state index contributed by atoms with van der Waals surface area (Å²) < 4.78 is 26.8. The number of carbonyl (C=O) groups is 1. The van der Waals surface area contributed by atoms with Crippen LogP contribution in [0.4, 0.5) is 0 Å². The molecule has 0 amide bonds. The maximum absolute atomic E-state index is 12.1. The first-order valence-electron chi connectivity index (χ1n) is 9.44. The molecule has 0 spiro atoms. The van der Waals surface area contributed by atoms with Gasteiger partial charge in [-0.05, 0) is 31.1 Å². The van der Waals surface area contributed by atoms with Crippen LogP contribution in [0.2, 0.25) is 0 Å². The number of aliphatic carboxylic acids is 1. The van der Waals surface area contributed by atoms with Gasteiger partial charge in [-0.25, -0.2) is 17.9 Å². The lowest BCUT2D eigenvalue weighted by Gasteiger charge is -2.30. The molecule has 0 bridgehead atoms. The van der Waals surface area contributed by atoms with E-state index in [1.807, 2.05) is 13.8 Å². The summed E-state index contributed by atoms with van der Waals surface area (Å²) in [5.41, 5.74) is 0.